The first-order chi connectivity index (χ1) is 10.9. The van der Waals surface area contributed by atoms with E-state index in [4.69, 9.17) is 15.7 Å². The lowest BCUT2D eigenvalue weighted by Gasteiger charge is -2.13. The van der Waals surface area contributed by atoms with E-state index in [9.17, 15) is 9.59 Å². The maximum atomic E-state index is 12.1. The third-order valence-corrected chi connectivity index (χ3v) is 3.05. The van der Waals surface area contributed by atoms with Gasteiger partial charge in [0.2, 0.25) is 5.88 Å². The number of esters is 1. The van der Waals surface area contributed by atoms with Crippen molar-refractivity contribution in [1.82, 2.24) is 5.16 Å². The van der Waals surface area contributed by atoms with Gasteiger partial charge in [0.25, 0.3) is 5.91 Å². The largest absolute Gasteiger partial charge is 0.449 e. The summed E-state index contributed by atoms with van der Waals surface area (Å²) in [4.78, 5) is 24.1. The number of rotatable bonds is 4. The van der Waals surface area contributed by atoms with Crippen molar-refractivity contribution in [3.63, 3.8) is 0 Å². The Kier molecular flexibility index (Phi) is 4.61. The van der Waals surface area contributed by atoms with Gasteiger partial charge in [0, 0.05) is 0 Å². The summed E-state index contributed by atoms with van der Waals surface area (Å²) in [5.74, 6) is -1.55. The van der Waals surface area contributed by atoms with Crippen molar-refractivity contribution in [1.29, 1.82) is 5.26 Å². The number of nitriles is 1. The Bertz CT molecular complexity index is 772. The van der Waals surface area contributed by atoms with Crippen molar-refractivity contribution in [3.05, 3.63) is 41.1 Å². The van der Waals surface area contributed by atoms with E-state index in [0.717, 1.165) is 0 Å². The molecular weight excluding hydrogens is 300 g/mol. The quantitative estimate of drug-likeness (QED) is 0.819. The fraction of sp³-hybridized carbons (Fsp3) is 0.200. The van der Waals surface area contributed by atoms with Crippen molar-refractivity contribution < 1.29 is 18.8 Å². The van der Waals surface area contributed by atoms with Gasteiger partial charge in [-0.1, -0.05) is 17.3 Å². The number of ether oxygens (including phenoxy) is 1. The third kappa shape index (κ3) is 3.47. The van der Waals surface area contributed by atoms with Gasteiger partial charge in [-0.25, -0.2) is 4.79 Å². The minimum absolute atomic E-state index is 0.0120. The van der Waals surface area contributed by atoms with Crippen molar-refractivity contribution in [3.8, 4) is 6.07 Å². The smallest absolute Gasteiger partial charge is 0.346 e. The highest BCUT2D eigenvalue weighted by Crippen LogP contribution is 2.18. The van der Waals surface area contributed by atoms with Gasteiger partial charge in [-0.2, -0.15) is 5.26 Å². The molecule has 0 spiro atoms. The van der Waals surface area contributed by atoms with Gasteiger partial charge >= 0.3 is 5.97 Å². The molecule has 1 aromatic heterocycles. The number of anilines is 2. The molecule has 2 aromatic rings. The molecule has 0 unspecified atom stereocenters. The molecule has 2 rings (SSSR count). The molecule has 0 fully saturated rings. The van der Waals surface area contributed by atoms with Crippen molar-refractivity contribution in [2.24, 2.45) is 0 Å². The highest BCUT2D eigenvalue weighted by molar-refractivity contribution is 5.99. The molecule has 0 bridgehead atoms. The molecule has 1 heterocycles. The summed E-state index contributed by atoms with van der Waals surface area (Å²) in [5.41, 5.74) is 6.39. The number of amides is 1. The number of carbonyl (C=O) groups is 2. The molecule has 1 atom stereocenters. The first-order valence-corrected chi connectivity index (χ1v) is 6.66. The second-order valence-corrected chi connectivity index (χ2v) is 4.70. The van der Waals surface area contributed by atoms with E-state index >= 15 is 0 Å². The first-order valence-electron chi connectivity index (χ1n) is 6.66. The van der Waals surface area contributed by atoms with Crippen molar-refractivity contribution in [2.45, 2.75) is 20.0 Å². The summed E-state index contributed by atoms with van der Waals surface area (Å²) in [7, 11) is 0. The van der Waals surface area contributed by atoms with Gasteiger partial charge in [-0.3, -0.25) is 4.79 Å². The van der Waals surface area contributed by atoms with Crippen LogP contribution >= 0.6 is 0 Å². The van der Waals surface area contributed by atoms with Gasteiger partial charge < -0.3 is 20.3 Å². The number of aromatic nitrogens is 1. The number of benzene rings is 1. The first kappa shape index (κ1) is 16.0. The molecule has 0 aliphatic carbocycles. The maximum Gasteiger partial charge on any atom is 0.346 e. The van der Waals surface area contributed by atoms with Gasteiger partial charge in [-0.05, 0) is 26.0 Å². The van der Waals surface area contributed by atoms with E-state index in [-0.39, 0.29) is 17.1 Å². The molecular formula is C15H14N4O4. The summed E-state index contributed by atoms with van der Waals surface area (Å²) in [6.45, 7) is 2.94. The topological polar surface area (TPSA) is 131 Å². The summed E-state index contributed by atoms with van der Waals surface area (Å²) < 4.78 is 9.72. The van der Waals surface area contributed by atoms with Crippen LogP contribution in [0.1, 0.15) is 28.5 Å². The van der Waals surface area contributed by atoms with Crippen LogP contribution in [0.5, 0.6) is 0 Å². The van der Waals surface area contributed by atoms with Crippen LogP contribution in [0, 0.1) is 18.3 Å². The third-order valence-electron chi connectivity index (χ3n) is 3.05. The Hall–Kier alpha value is -3.34. The number of nitrogens with zero attached hydrogens (tertiary/aromatic N) is 2. The van der Waals surface area contributed by atoms with E-state index in [1.807, 2.05) is 6.07 Å². The predicted molar refractivity (Wildman–Crippen MR) is 80.3 cm³/mol. The van der Waals surface area contributed by atoms with Crippen LogP contribution < -0.4 is 11.1 Å². The van der Waals surface area contributed by atoms with Gasteiger partial charge in [0.15, 0.2) is 6.10 Å². The minimum atomic E-state index is -1.09. The Balaban J connectivity index is 2.06. The van der Waals surface area contributed by atoms with Crippen LogP contribution in [-0.4, -0.2) is 23.1 Å². The average Bonchev–Trinajstić information content (AvgIpc) is 2.86. The lowest BCUT2D eigenvalue weighted by Crippen LogP contribution is -2.30. The van der Waals surface area contributed by atoms with Gasteiger partial charge in [-0.15, -0.1) is 0 Å². The zero-order valence-corrected chi connectivity index (χ0v) is 12.5. The van der Waals surface area contributed by atoms with Crippen LogP contribution in [-0.2, 0) is 9.53 Å². The molecule has 1 aromatic carbocycles. The molecule has 1 amide bonds. The summed E-state index contributed by atoms with van der Waals surface area (Å²) in [5, 5.41) is 15.1. The van der Waals surface area contributed by atoms with Crippen LogP contribution in [0.3, 0.4) is 0 Å². The number of para-hydroxylation sites is 1. The molecule has 8 heteroatoms. The minimum Gasteiger partial charge on any atom is -0.449 e. The average molecular weight is 314 g/mol. The molecule has 8 nitrogen and oxygen atoms in total. The summed E-state index contributed by atoms with van der Waals surface area (Å²) in [6, 6.07) is 8.45. The Morgan fingerprint density at radius 3 is 2.74 bits per heavy atom. The van der Waals surface area contributed by atoms with E-state index < -0.39 is 18.0 Å². The molecule has 0 saturated heterocycles. The van der Waals surface area contributed by atoms with Crippen LogP contribution in [0.2, 0.25) is 0 Å². The van der Waals surface area contributed by atoms with E-state index in [1.54, 1.807) is 24.3 Å². The number of nitrogen functional groups attached to an aromatic ring is 1. The Morgan fingerprint density at radius 2 is 2.13 bits per heavy atom. The number of hydrogen-bond donors (Lipinski definition) is 2. The van der Waals surface area contributed by atoms with E-state index in [1.165, 1.54) is 13.8 Å². The summed E-state index contributed by atoms with van der Waals surface area (Å²) in [6.07, 6.45) is -1.09. The molecule has 23 heavy (non-hydrogen) atoms. The van der Waals surface area contributed by atoms with Crippen LogP contribution in [0.15, 0.2) is 28.8 Å². The number of carbonyl (C=O) groups excluding carboxylic acids is 2. The number of nitrogens with two attached hydrogens (primary N) is 1. The number of nitrogens with one attached hydrogen (secondary N) is 1. The molecule has 0 radical (unpaired) electrons. The fourth-order valence-corrected chi connectivity index (χ4v) is 1.83. The van der Waals surface area contributed by atoms with Crippen molar-refractivity contribution >= 4 is 23.4 Å². The van der Waals surface area contributed by atoms with E-state index in [2.05, 4.69) is 15.0 Å². The lowest BCUT2D eigenvalue weighted by atomic mass is 10.2. The predicted octanol–water partition coefficient (Wildman–Crippen LogP) is 1.62. The molecule has 3 N–H and O–H groups in total. The monoisotopic (exact) mass is 314 g/mol. The fourth-order valence-electron chi connectivity index (χ4n) is 1.83. The van der Waals surface area contributed by atoms with Crippen LogP contribution in [0.25, 0.3) is 0 Å². The maximum absolute atomic E-state index is 12.1. The summed E-state index contributed by atoms with van der Waals surface area (Å²) >= 11 is 0. The molecule has 118 valence electrons. The Labute approximate surface area is 131 Å². The number of aryl methyl sites for hydroxylation is 1. The van der Waals surface area contributed by atoms with Gasteiger partial charge in [0.05, 0.1) is 16.9 Å². The molecule has 0 saturated carbocycles. The van der Waals surface area contributed by atoms with Crippen molar-refractivity contribution in [2.75, 3.05) is 11.1 Å². The second-order valence-electron chi connectivity index (χ2n) is 4.70. The zero-order valence-electron chi connectivity index (χ0n) is 12.5. The van der Waals surface area contributed by atoms with Crippen LogP contribution in [0.4, 0.5) is 11.6 Å². The van der Waals surface area contributed by atoms with Gasteiger partial charge in [0.1, 0.15) is 11.6 Å². The SMILES string of the molecule is Cc1noc(N)c1C(=O)O[C@H](C)C(=O)Nc1ccccc1C#N. The molecule has 0 aliphatic heterocycles. The normalized spacial score (nSPS) is 11.3. The highest BCUT2D eigenvalue weighted by atomic mass is 16.5. The second kappa shape index (κ2) is 6.62. The zero-order chi connectivity index (χ0) is 17.0. The standard InChI is InChI=1S/C15H14N4O4/c1-8-12(13(17)23-19-8)15(21)22-9(2)14(20)18-11-6-4-3-5-10(11)7-16/h3-6,9H,17H2,1-2H3,(H,18,20)/t9-/m1/s1. The lowest BCUT2D eigenvalue weighted by molar-refractivity contribution is -0.123. The van der Waals surface area contributed by atoms with E-state index in [0.29, 0.717) is 11.3 Å². The molecule has 0 aliphatic rings. The number of hydrogen-bond acceptors (Lipinski definition) is 7. The highest BCUT2D eigenvalue weighted by Gasteiger charge is 2.25. The Morgan fingerprint density at radius 1 is 1.43 bits per heavy atom.